The lowest BCUT2D eigenvalue weighted by atomic mass is 9.70. The highest BCUT2D eigenvalue weighted by atomic mass is 16.6. The average molecular weight is 535 g/mol. The second-order valence-corrected chi connectivity index (χ2v) is 11.4. The minimum Gasteiger partial charge on any atom is -0.489 e. The summed E-state index contributed by atoms with van der Waals surface area (Å²) < 4.78 is 11.3. The van der Waals surface area contributed by atoms with Crippen molar-refractivity contribution in [1.82, 2.24) is 0 Å². The molecule has 0 aromatic heterocycles. The van der Waals surface area contributed by atoms with Crippen molar-refractivity contribution in [2.24, 2.45) is 0 Å². The van der Waals surface area contributed by atoms with E-state index in [1.807, 2.05) is 6.08 Å². The average Bonchev–Trinajstić information content (AvgIpc) is 3.36. The van der Waals surface area contributed by atoms with Crippen LogP contribution in [0.5, 0.6) is 5.75 Å². The molecular formula is C35H50O4. The van der Waals surface area contributed by atoms with Crippen molar-refractivity contribution in [1.29, 1.82) is 0 Å². The highest BCUT2D eigenvalue weighted by Gasteiger charge is 2.32. The van der Waals surface area contributed by atoms with E-state index >= 15 is 0 Å². The summed E-state index contributed by atoms with van der Waals surface area (Å²) in [5, 5.41) is 11.1. The van der Waals surface area contributed by atoms with Gasteiger partial charge in [0.25, 0.3) is 0 Å². The van der Waals surface area contributed by atoms with E-state index in [-0.39, 0.29) is 17.5 Å². The minimum atomic E-state index is -0.740. The molecule has 39 heavy (non-hydrogen) atoms. The van der Waals surface area contributed by atoms with Crippen molar-refractivity contribution in [3.8, 4) is 5.75 Å². The first kappa shape index (κ1) is 30.9. The van der Waals surface area contributed by atoms with E-state index in [4.69, 9.17) is 9.47 Å². The Balaban J connectivity index is 1.79. The number of unbranched alkanes of at least 4 members (excludes halogenated alkanes) is 3. The summed E-state index contributed by atoms with van der Waals surface area (Å²) in [6, 6.07) is 13.3. The van der Waals surface area contributed by atoms with Crippen LogP contribution in [0.1, 0.15) is 120 Å². The molecule has 0 spiro atoms. The number of esters is 1. The maximum Gasteiger partial charge on any atom is 0.306 e. The molecule has 0 saturated carbocycles. The normalized spacial score (nSPS) is 17.4. The first-order valence-corrected chi connectivity index (χ1v) is 15.2. The van der Waals surface area contributed by atoms with Gasteiger partial charge in [0.15, 0.2) is 0 Å². The van der Waals surface area contributed by atoms with Crippen LogP contribution >= 0.6 is 0 Å². The molecule has 0 amide bonds. The highest BCUT2D eigenvalue weighted by Crippen LogP contribution is 2.41. The van der Waals surface area contributed by atoms with E-state index in [1.54, 1.807) is 0 Å². The molecule has 0 aliphatic carbocycles. The zero-order valence-corrected chi connectivity index (χ0v) is 25.1. The molecule has 0 bridgehead atoms. The maximum atomic E-state index is 11.4. The van der Waals surface area contributed by atoms with Gasteiger partial charge in [-0.25, -0.2) is 0 Å². The lowest BCUT2D eigenvalue weighted by Gasteiger charge is -2.34. The molecule has 1 heterocycles. The molecule has 2 atom stereocenters. The number of hydrogen-bond donors (Lipinski definition) is 1. The number of aliphatic hydroxyl groups is 1. The lowest BCUT2D eigenvalue weighted by molar-refractivity contribution is -0.142. The smallest absolute Gasteiger partial charge is 0.306 e. The summed E-state index contributed by atoms with van der Waals surface area (Å²) in [6.45, 7) is 13.5. The maximum absolute atomic E-state index is 11.4. The van der Waals surface area contributed by atoms with Crippen LogP contribution < -0.4 is 4.74 Å². The molecule has 4 nitrogen and oxygen atoms in total. The van der Waals surface area contributed by atoms with E-state index < -0.39 is 5.60 Å². The van der Waals surface area contributed by atoms with Crippen LogP contribution in [-0.4, -0.2) is 29.4 Å². The van der Waals surface area contributed by atoms with E-state index in [0.717, 1.165) is 55.4 Å². The van der Waals surface area contributed by atoms with Crippen LogP contribution in [0.25, 0.3) is 6.08 Å². The Kier molecular flexibility index (Phi) is 11.2. The summed E-state index contributed by atoms with van der Waals surface area (Å²) >= 11 is 0. The van der Waals surface area contributed by atoms with Crippen molar-refractivity contribution in [3.05, 3.63) is 70.3 Å². The molecule has 214 valence electrons. The third kappa shape index (κ3) is 7.75. The van der Waals surface area contributed by atoms with Gasteiger partial charge in [-0.3, -0.25) is 4.79 Å². The monoisotopic (exact) mass is 534 g/mol. The molecule has 1 unspecified atom stereocenters. The standard InChI is InChI=1S/C35H50O4/c1-7-11-12-13-21-34(37,8-2)22-20-28-14-15-29(23-26(28)5)35(9-3,10-4)30-16-18-32(27(6)24-30)38-25-31-17-19-33(36)39-31/h14-16,18,20,22-24,31,37H,7-13,17,19,21,25H2,1-6H3/b22-20+/t31-,34?/m0/s1. The number of rotatable bonds is 15. The first-order chi connectivity index (χ1) is 18.7. The van der Waals surface area contributed by atoms with Crippen LogP contribution in [0.3, 0.4) is 0 Å². The number of aryl methyl sites for hydroxylation is 2. The lowest BCUT2D eigenvalue weighted by Crippen LogP contribution is -2.26. The van der Waals surface area contributed by atoms with Crippen LogP contribution in [-0.2, 0) is 14.9 Å². The van der Waals surface area contributed by atoms with E-state index in [0.29, 0.717) is 13.0 Å². The van der Waals surface area contributed by atoms with Gasteiger partial charge in [0.2, 0.25) is 0 Å². The number of cyclic esters (lactones) is 1. The van der Waals surface area contributed by atoms with Gasteiger partial charge in [-0.05, 0) is 79.8 Å². The van der Waals surface area contributed by atoms with E-state index in [9.17, 15) is 9.90 Å². The van der Waals surface area contributed by atoms with E-state index in [2.05, 4.69) is 84.0 Å². The van der Waals surface area contributed by atoms with Crippen LogP contribution in [0.4, 0.5) is 0 Å². The van der Waals surface area contributed by atoms with Crippen molar-refractivity contribution < 1.29 is 19.4 Å². The summed E-state index contributed by atoms with van der Waals surface area (Å²) in [7, 11) is 0. The number of carbonyl (C=O) groups is 1. The van der Waals surface area contributed by atoms with Crippen LogP contribution in [0.15, 0.2) is 42.5 Å². The van der Waals surface area contributed by atoms with Crippen molar-refractivity contribution in [2.45, 2.75) is 123 Å². The summed E-state index contributed by atoms with van der Waals surface area (Å²) in [4.78, 5) is 11.4. The number of hydrogen-bond acceptors (Lipinski definition) is 4. The van der Waals surface area contributed by atoms with Gasteiger partial charge in [0.1, 0.15) is 18.5 Å². The zero-order chi connectivity index (χ0) is 28.5. The Bertz CT molecular complexity index is 1110. The van der Waals surface area contributed by atoms with E-state index in [1.165, 1.54) is 36.0 Å². The predicted molar refractivity (Wildman–Crippen MR) is 161 cm³/mol. The summed E-state index contributed by atoms with van der Waals surface area (Å²) in [6.07, 6.45) is 13.4. The molecule has 1 aliphatic heterocycles. The molecule has 4 heteroatoms. The Morgan fingerprint density at radius 1 is 0.949 bits per heavy atom. The van der Waals surface area contributed by atoms with Crippen molar-refractivity contribution in [3.63, 3.8) is 0 Å². The van der Waals surface area contributed by atoms with Gasteiger partial charge in [0, 0.05) is 11.8 Å². The minimum absolute atomic E-state index is 0.0965. The van der Waals surface area contributed by atoms with Crippen LogP contribution in [0.2, 0.25) is 0 Å². The third-order valence-electron chi connectivity index (χ3n) is 8.80. The van der Waals surface area contributed by atoms with Gasteiger partial charge >= 0.3 is 5.97 Å². The second-order valence-electron chi connectivity index (χ2n) is 11.4. The Labute approximate surface area is 236 Å². The molecule has 3 rings (SSSR count). The first-order valence-electron chi connectivity index (χ1n) is 15.2. The fourth-order valence-electron chi connectivity index (χ4n) is 5.87. The fourth-order valence-corrected chi connectivity index (χ4v) is 5.87. The van der Waals surface area contributed by atoms with Gasteiger partial charge in [-0.2, -0.15) is 0 Å². The molecule has 1 N–H and O–H groups in total. The Morgan fingerprint density at radius 2 is 1.64 bits per heavy atom. The van der Waals surface area contributed by atoms with Gasteiger partial charge in [0.05, 0.1) is 5.60 Å². The molecule has 2 aromatic carbocycles. The topological polar surface area (TPSA) is 55.8 Å². The Hall–Kier alpha value is -2.59. The van der Waals surface area contributed by atoms with Gasteiger partial charge in [-0.1, -0.05) is 95.9 Å². The van der Waals surface area contributed by atoms with Gasteiger partial charge in [-0.15, -0.1) is 0 Å². The third-order valence-corrected chi connectivity index (χ3v) is 8.80. The van der Waals surface area contributed by atoms with Crippen LogP contribution in [0, 0.1) is 13.8 Å². The molecule has 2 aromatic rings. The highest BCUT2D eigenvalue weighted by molar-refractivity contribution is 5.71. The SMILES string of the molecule is CCCCCCC(O)(/C=C/c1ccc(C(CC)(CC)c2ccc(OC[C@@H]3CCC(=O)O3)c(C)c2)cc1C)CC. The zero-order valence-electron chi connectivity index (χ0n) is 25.1. The molecule has 1 fully saturated rings. The second kappa shape index (κ2) is 14.2. The number of ether oxygens (including phenoxy) is 2. The fraction of sp³-hybridized carbons (Fsp3) is 0.571. The van der Waals surface area contributed by atoms with Crippen molar-refractivity contribution in [2.75, 3.05) is 6.61 Å². The molecule has 0 radical (unpaired) electrons. The number of benzene rings is 2. The van der Waals surface area contributed by atoms with Crippen molar-refractivity contribution >= 4 is 12.0 Å². The number of carbonyl (C=O) groups excluding carboxylic acids is 1. The molecule has 1 saturated heterocycles. The molecular weight excluding hydrogens is 484 g/mol. The quantitative estimate of drug-likeness (QED) is 0.184. The summed E-state index contributed by atoms with van der Waals surface area (Å²) in [5.74, 6) is 0.712. The predicted octanol–water partition coefficient (Wildman–Crippen LogP) is 8.62. The largest absolute Gasteiger partial charge is 0.489 e. The summed E-state index contributed by atoms with van der Waals surface area (Å²) in [5.41, 5.74) is 5.25. The Morgan fingerprint density at radius 3 is 2.21 bits per heavy atom. The van der Waals surface area contributed by atoms with Gasteiger partial charge < -0.3 is 14.6 Å². The molecule has 1 aliphatic rings.